The summed E-state index contributed by atoms with van der Waals surface area (Å²) in [5.41, 5.74) is 3.05. The van der Waals surface area contributed by atoms with E-state index in [9.17, 15) is 13.2 Å². The van der Waals surface area contributed by atoms with Gasteiger partial charge in [-0.05, 0) is 36.8 Å². The molecule has 0 saturated heterocycles. The van der Waals surface area contributed by atoms with Gasteiger partial charge in [-0.3, -0.25) is 5.43 Å². The van der Waals surface area contributed by atoms with E-state index in [1.54, 1.807) is 12.1 Å². The third kappa shape index (κ3) is 5.02. The van der Waals surface area contributed by atoms with Gasteiger partial charge >= 0.3 is 6.18 Å². The van der Waals surface area contributed by atoms with Gasteiger partial charge in [-0.1, -0.05) is 25.1 Å². The average molecular weight is 322 g/mol. The van der Waals surface area contributed by atoms with Crippen LogP contribution in [-0.4, -0.2) is 12.8 Å². The van der Waals surface area contributed by atoms with Crippen LogP contribution < -0.4 is 10.2 Å². The lowest BCUT2D eigenvalue weighted by molar-refractivity contribution is -0.137. The zero-order valence-electron chi connectivity index (χ0n) is 12.6. The van der Waals surface area contributed by atoms with Crippen LogP contribution in [0.15, 0.2) is 53.6 Å². The standard InChI is InChI=1S/C17H17F3N2O/c1-2-10-23-16-9-8-14(17(18,19)20)11-13(16)12-21-22-15-6-4-3-5-7-15/h3-9,11-12,22H,2,10H2,1H3. The summed E-state index contributed by atoms with van der Waals surface area (Å²) in [7, 11) is 0. The highest BCUT2D eigenvalue weighted by molar-refractivity contribution is 5.84. The fourth-order valence-corrected chi connectivity index (χ4v) is 1.86. The Labute approximate surface area is 132 Å². The molecule has 122 valence electrons. The number of hydrogen-bond acceptors (Lipinski definition) is 3. The number of halogens is 3. The van der Waals surface area contributed by atoms with Crippen molar-refractivity contribution in [2.75, 3.05) is 12.0 Å². The van der Waals surface area contributed by atoms with E-state index >= 15 is 0 Å². The lowest BCUT2D eigenvalue weighted by Crippen LogP contribution is -2.07. The van der Waals surface area contributed by atoms with Gasteiger partial charge in [0.1, 0.15) is 5.75 Å². The van der Waals surface area contributed by atoms with Crippen LogP contribution in [0.5, 0.6) is 5.75 Å². The van der Waals surface area contributed by atoms with Crippen LogP contribution in [0.4, 0.5) is 18.9 Å². The molecule has 0 atom stereocenters. The minimum absolute atomic E-state index is 0.275. The molecule has 23 heavy (non-hydrogen) atoms. The Morgan fingerprint density at radius 1 is 1.13 bits per heavy atom. The predicted molar refractivity (Wildman–Crippen MR) is 84.9 cm³/mol. The Morgan fingerprint density at radius 3 is 2.52 bits per heavy atom. The van der Waals surface area contributed by atoms with E-state index < -0.39 is 11.7 Å². The zero-order valence-corrected chi connectivity index (χ0v) is 12.6. The highest BCUT2D eigenvalue weighted by Gasteiger charge is 2.31. The second-order valence-electron chi connectivity index (χ2n) is 4.83. The van der Waals surface area contributed by atoms with E-state index in [-0.39, 0.29) is 5.56 Å². The van der Waals surface area contributed by atoms with E-state index in [1.165, 1.54) is 12.3 Å². The second-order valence-corrected chi connectivity index (χ2v) is 4.83. The molecule has 0 aliphatic rings. The van der Waals surface area contributed by atoms with Crippen molar-refractivity contribution in [1.82, 2.24) is 0 Å². The first-order chi connectivity index (χ1) is 11.0. The Kier molecular flexibility index (Phi) is 5.62. The fraction of sp³-hybridized carbons (Fsp3) is 0.235. The lowest BCUT2D eigenvalue weighted by Gasteiger charge is -2.12. The number of ether oxygens (including phenoxy) is 1. The summed E-state index contributed by atoms with van der Waals surface area (Å²) >= 11 is 0. The van der Waals surface area contributed by atoms with Crippen LogP contribution in [0.25, 0.3) is 0 Å². The van der Waals surface area contributed by atoms with Crippen molar-refractivity contribution in [3.63, 3.8) is 0 Å². The van der Waals surface area contributed by atoms with Crippen LogP contribution in [0.2, 0.25) is 0 Å². The first kappa shape index (κ1) is 16.9. The van der Waals surface area contributed by atoms with Crippen LogP contribution in [-0.2, 0) is 6.18 Å². The number of benzene rings is 2. The largest absolute Gasteiger partial charge is 0.493 e. The molecule has 0 bridgehead atoms. The van der Waals surface area contributed by atoms with E-state index in [0.29, 0.717) is 12.4 Å². The molecule has 0 aliphatic carbocycles. The number of nitrogens with zero attached hydrogens (tertiary/aromatic N) is 1. The van der Waals surface area contributed by atoms with Crippen molar-refractivity contribution in [1.29, 1.82) is 0 Å². The summed E-state index contributed by atoms with van der Waals surface area (Å²) in [5, 5.41) is 3.98. The summed E-state index contributed by atoms with van der Waals surface area (Å²) in [6.45, 7) is 2.35. The summed E-state index contributed by atoms with van der Waals surface area (Å²) in [6.07, 6.45) is -2.31. The van der Waals surface area contributed by atoms with E-state index in [2.05, 4.69) is 10.5 Å². The Morgan fingerprint density at radius 2 is 1.87 bits per heavy atom. The number of nitrogens with one attached hydrogen (secondary N) is 1. The van der Waals surface area contributed by atoms with Gasteiger partial charge in [0.2, 0.25) is 0 Å². The zero-order chi connectivity index (χ0) is 16.7. The van der Waals surface area contributed by atoms with Crippen molar-refractivity contribution in [3.05, 3.63) is 59.7 Å². The maximum Gasteiger partial charge on any atom is 0.416 e. The maximum absolute atomic E-state index is 12.8. The van der Waals surface area contributed by atoms with Crippen molar-refractivity contribution in [3.8, 4) is 5.75 Å². The summed E-state index contributed by atoms with van der Waals surface area (Å²) in [4.78, 5) is 0. The van der Waals surface area contributed by atoms with Crippen LogP contribution in [0.1, 0.15) is 24.5 Å². The molecule has 0 unspecified atom stereocenters. The molecule has 0 heterocycles. The number of hydrogen-bond donors (Lipinski definition) is 1. The third-order valence-electron chi connectivity index (χ3n) is 2.97. The van der Waals surface area contributed by atoms with Gasteiger partial charge in [0.05, 0.1) is 24.1 Å². The Balaban J connectivity index is 2.22. The van der Waals surface area contributed by atoms with Crippen molar-refractivity contribution in [2.24, 2.45) is 5.10 Å². The number of rotatable bonds is 6. The highest BCUT2D eigenvalue weighted by Crippen LogP contribution is 2.32. The quantitative estimate of drug-likeness (QED) is 0.603. The molecule has 2 rings (SSSR count). The Bertz CT molecular complexity index is 655. The molecule has 1 N–H and O–H groups in total. The van der Waals surface area contributed by atoms with Crippen molar-refractivity contribution in [2.45, 2.75) is 19.5 Å². The second kappa shape index (κ2) is 7.67. The lowest BCUT2D eigenvalue weighted by atomic mass is 10.1. The minimum atomic E-state index is -4.40. The van der Waals surface area contributed by atoms with Crippen LogP contribution >= 0.6 is 0 Å². The molecular weight excluding hydrogens is 305 g/mol. The molecule has 0 amide bonds. The molecule has 3 nitrogen and oxygen atoms in total. The topological polar surface area (TPSA) is 33.6 Å². The van der Waals surface area contributed by atoms with E-state index in [1.807, 2.05) is 25.1 Å². The number of anilines is 1. The summed E-state index contributed by atoms with van der Waals surface area (Å²) in [5.74, 6) is 0.374. The molecule has 0 saturated carbocycles. The molecule has 0 aromatic heterocycles. The third-order valence-corrected chi connectivity index (χ3v) is 2.97. The van der Waals surface area contributed by atoms with Gasteiger partial charge in [0, 0.05) is 5.56 Å². The molecule has 6 heteroatoms. The first-order valence-corrected chi connectivity index (χ1v) is 7.19. The first-order valence-electron chi connectivity index (χ1n) is 7.19. The minimum Gasteiger partial charge on any atom is -0.493 e. The number of hydrazone groups is 1. The molecule has 2 aromatic carbocycles. The van der Waals surface area contributed by atoms with Crippen molar-refractivity contribution < 1.29 is 17.9 Å². The van der Waals surface area contributed by atoms with Gasteiger partial charge in [-0.25, -0.2) is 0 Å². The average Bonchev–Trinajstić information content (AvgIpc) is 2.53. The maximum atomic E-state index is 12.8. The molecule has 0 radical (unpaired) electrons. The molecule has 0 fully saturated rings. The normalized spacial score (nSPS) is 11.7. The Hall–Kier alpha value is -2.50. The monoisotopic (exact) mass is 322 g/mol. The van der Waals surface area contributed by atoms with Gasteiger partial charge in [-0.2, -0.15) is 18.3 Å². The van der Waals surface area contributed by atoms with Gasteiger partial charge in [-0.15, -0.1) is 0 Å². The molecule has 2 aromatic rings. The van der Waals surface area contributed by atoms with Gasteiger partial charge < -0.3 is 4.74 Å². The predicted octanol–water partition coefficient (Wildman–Crippen LogP) is 4.94. The van der Waals surface area contributed by atoms with Crippen LogP contribution in [0.3, 0.4) is 0 Å². The van der Waals surface area contributed by atoms with Crippen LogP contribution in [0, 0.1) is 0 Å². The number of alkyl halides is 3. The summed E-state index contributed by atoms with van der Waals surface area (Å²) < 4.78 is 44.0. The fourth-order valence-electron chi connectivity index (χ4n) is 1.86. The van der Waals surface area contributed by atoms with Crippen molar-refractivity contribution >= 4 is 11.9 Å². The highest BCUT2D eigenvalue weighted by atomic mass is 19.4. The molecular formula is C17H17F3N2O. The summed E-state index contributed by atoms with van der Waals surface area (Å²) in [6, 6.07) is 12.5. The van der Waals surface area contributed by atoms with Gasteiger partial charge in [0.15, 0.2) is 0 Å². The number of para-hydroxylation sites is 1. The molecule has 0 spiro atoms. The SMILES string of the molecule is CCCOc1ccc(C(F)(F)F)cc1C=NNc1ccccc1. The van der Waals surface area contributed by atoms with Gasteiger partial charge in [0.25, 0.3) is 0 Å². The van der Waals surface area contributed by atoms with E-state index in [0.717, 1.165) is 24.2 Å². The van der Waals surface area contributed by atoms with E-state index in [4.69, 9.17) is 4.74 Å². The smallest absolute Gasteiger partial charge is 0.416 e. The molecule has 0 aliphatic heterocycles.